The average Bonchev–Trinajstić information content (AvgIpc) is 2.95. The Morgan fingerprint density at radius 2 is 2.41 bits per heavy atom. The fourth-order valence-electron chi connectivity index (χ4n) is 1.71. The average molecular weight is 253 g/mol. The van der Waals surface area contributed by atoms with Gasteiger partial charge in [-0.2, -0.15) is 0 Å². The Labute approximate surface area is 106 Å². The number of aromatic nitrogens is 1. The Balaban J connectivity index is 1.86. The zero-order valence-electron chi connectivity index (χ0n) is 10.3. The van der Waals surface area contributed by atoms with Gasteiger partial charge >= 0.3 is 0 Å². The summed E-state index contributed by atoms with van der Waals surface area (Å²) in [5.74, 6) is 0.722. The maximum absolute atomic E-state index is 11.6. The van der Waals surface area contributed by atoms with Crippen molar-refractivity contribution in [3.63, 3.8) is 0 Å². The van der Waals surface area contributed by atoms with E-state index in [1.165, 1.54) is 24.2 Å². The molecular formula is C12H19N3OS. The minimum absolute atomic E-state index is 0.101. The molecule has 1 aliphatic rings. The second-order valence-corrected chi connectivity index (χ2v) is 5.41. The van der Waals surface area contributed by atoms with Crippen molar-refractivity contribution in [1.82, 2.24) is 10.3 Å². The van der Waals surface area contributed by atoms with Crippen LogP contribution in [0.15, 0.2) is 5.38 Å². The quantitative estimate of drug-likeness (QED) is 0.819. The Morgan fingerprint density at radius 1 is 1.65 bits per heavy atom. The van der Waals surface area contributed by atoms with Gasteiger partial charge in [0, 0.05) is 17.8 Å². The number of nitrogens with one attached hydrogen (secondary N) is 2. The lowest BCUT2D eigenvalue weighted by molar-refractivity contribution is -0.116. The third-order valence-electron chi connectivity index (χ3n) is 2.89. The van der Waals surface area contributed by atoms with Gasteiger partial charge in [0.25, 0.3) is 0 Å². The first-order chi connectivity index (χ1) is 8.19. The number of amides is 1. The van der Waals surface area contributed by atoms with Crippen LogP contribution in [0.4, 0.5) is 5.13 Å². The van der Waals surface area contributed by atoms with Crippen molar-refractivity contribution in [3.8, 4) is 0 Å². The van der Waals surface area contributed by atoms with E-state index in [0.29, 0.717) is 12.3 Å². The molecule has 1 aromatic rings. The van der Waals surface area contributed by atoms with Crippen molar-refractivity contribution in [2.45, 2.75) is 39.2 Å². The molecule has 5 heteroatoms. The van der Waals surface area contributed by atoms with Gasteiger partial charge in [0.05, 0.1) is 5.69 Å². The molecule has 0 bridgehead atoms. The van der Waals surface area contributed by atoms with Crippen LogP contribution in [0.3, 0.4) is 0 Å². The van der Waals surface area contributed by atoms with E-state index in [0.717, 1.165) is 17.4 Å². The van der Waals surface area contributed by atoms with Gasteiger partial charge in [0.15, 0.2) is 5.13 Å². The van der Waals surface area contributed by atoms with Gasteiger partial charge in [-0.05, 0) is 32.2 Å². The van der Waals surface area contributed by atoms with Crippen LogP contribution in [0.25, 0.3) is 0 Å². The third-order valence-corrected chi connectivity index (χ3v) is 3.67. The predicted octanol–water partition coefficient (Wildman–Crippen LogP) is 2.55. The van der Waals surface area contributed by atoms with E-state index in [4.69, 9.17) is 0 Å². The summed E-state index contributed by atoms with van der Waals surface area (Å²) in [6.45, 7) is 5.07. The highest BCUT2D eigenvalue weighted by Crippen LogP contribution is 2.32. The van der Waals surface area contributed by atoms with E-state index in [1.807, 2.05) is 5.38 Å². The predicted molar refractivity (Wildman–Crippen MR) is 70.2 cm³/mol. The van der Waals surface area contributed by atoms with Crippen LogP contribution in [-0.4, -0.2) is 17.4 Å². The number of anilines is 1. The molecule has 0 spiro atoms. The normalized spacial score (nSPS) is 16.8. The van der Waals surface area contributed by atoms with Gasteiger partial charge in [-0.25, -0.2) is 4.98 Å². The molecule has 1 heterocycles. The van der Waals surface area contributed by atoms with Crippen LogP contribution >= 0.6 is 11.3 Å². The minimum Gasteiger partial charge on any atom is -0.309 e. The molecule has 1 amide bonds. The Bertz CT molecular complexity index is 387. The van der Waals surface area contributed by atoms with Crippen LogP contribution in [0.5, 0.6) is 0 Å². The first-order valence-corrected chi connectivity index (χ1v) is 7.05. The second kappa shape index (κ2) is 5.60. The molecule has 0 aromatic carbocycles. The Kier molecular flexibility index (Phi) is 4.12. The minimum atomic E-state index is 0.101. The molecule has 1 aromatic heterocycles. The van der Waals surface area contributed by atoms with Crippen molar-refractivity contribution in [3.05, 3.63) is 11.1 Å². The summed E-state index contributed by atoms with van der Waals surface area (Å²) >= 11 is 1.50. The maximum Gasteiger partial charge on any atom is 0.226 e. The SMILES string of the molecule is CCNC(C)c1csc(NC(=O)CC2CC2)n1. The van der Waals surface area contributed by atoms with Gasteiger partial charge in [-0.1, -0.05) is 6.92 Å². The number of carbonyl (C=O) groups excluding carboxylic acids is 1. The van der Waals surface area contributed by atoms with Gasteiger partial charge in [0.2, 0.25) is 5.91 Å². The summed E-state index contributed by atoms with van der Waals surface area (Å²) in [4.78, 5) is 16.0. The fraction of sp³-hybridized carbons (Fsp3) is 0.667. The maximum atomic E-state index is 11.6. The van der Waals surface area contributed by atoms with Crippen molar-refractivity contribution >= 4 is 22.4 Å². The molecule has 0 radical (unpaired) electrons. The van der Waals surface area contributed by atoms with Gasteiger partial charge in [-0.3, -0.25) is 4.79 Å². The zero-order valence-corrected chi connectivity index (χ0v) is 11.1. The van der Waals surface area contributed by atoms with Crippen LogP contribution in [0.2, 0.25) is 0 Å². The monoisotopic (exact) mass is 253 g/mol. The summed E-state index contributed by atoms with van der Waals surface area (Å²) in [5.41, 5.74) is 0.999. The highest BCUT2D eigenvalue weighted by atomic mass is 32.1. The lowest BCUT2D eigenvalue weighted by Gasteiger charge is -2.08. The Hall–Kier alpha value is -0.940. The number of carbonyl (C=O) groups is 1. The van der Waals surface area contributed by atoms with Crippen LogP contribution in [0, 0.1) is 5.92 Å². The van der Waals surface area contributed by atoms with E-state index in [1.54, 1.807) is 0 Å². The molecule has 17 heavy (non-hydrogen) atoms. The smallest absolute Gasteiger partial charge is 0.226 e. The van der Waals surface area contributed by atoms with E-state index in [-0.39, 0.29) is 11.9 Å². The number of hydrogen-bond acceptors (Lipinski definition) is 4. The number of thiazole rings is 1. The molecule has 0 saturated heterocycles. The van der Waals surface area contributed by atoms with E-state index in [2.05, 4.69) is 29.5 Å². The molecular weight excluding hydrogens is 234 g/mol. The molecule has 1 aliphatic carbocycles. The Morgan fingerprint density at radius 3 is 3.06 bits per heavy atom. The molecule has 2 N–H and O–H groups in total. The third kappa shape index (κ3) is 3.78. The van der Waals surface area contributed by atoms with Crippen molar-refractivity contribution in [2.24, 2.45) is 5.92 Å². The lowest BCUT2D eigenvalue weighted by Crippen LogP contribution is -2.18. The van der Waals surface area contributed by atoms with Crippen LogP contribution in [-0.2, 0) is 4.79 Å². The molecule has 94 valence electrons. The van der Waals surface area contributed by atoms with Crippen molar-refractivity contribution < 1.29 is 4.79 Å². The summed E-state index contributed by atoms with van der Waals surface area (Å²) in [6.07, 6.45) is 3.06. The van der Waals surface area contributed by atoms with Crippen LogP contribution < -0.4 is 10.6 Å². The van der Waals surface area contributed by atoms with Crippen molar-refractivity contribution in [2.75, 3.05) is 11.9 Å². The summed E-state index contributed by atoms with van der Waals surface area (Å²) in [6, 6.07) is 0.241. The van der Waals surface area contributed by atoms with Gasteiger partial charge < -0.3 is 10.6 Å². The molecule has 1 atom stereocenters. The number of rotatable bonds is 6. The highest BCUT2D eigenvalue weighted by Gasteiger charge is 2.24. The molecule has 1 unspecified atom stereocenters. The first-order valence-electron chi connectivity index (χ1n) is 6.17. The van der Waals surface area contributed by atoms with Crippen molar-refractivity contribution in [1.29, 1.82) is 0 Å². The largest absolute Gasteiger partial charge is 0.309 e. The lowest BCUT2D eigenvalue weighted by atomic mass is 10.2. The standard InChI is InChI=1S/C12H19N3OS/c1-3-13-8(2)10-7-17-12(14-10)15-11(16)6-9-4-5-9/h7-9,13H,3-6H2,1-2H3,(H,14,15,16). The second-order valence-electron chi connectivity index (χ2n) is 4.55. The highest BCUT2D eigenvalue weighted by molar-refractivity contribution is 7.13. The van der Waals surface area contributed by atoms with Crippen LogP contribution in [0.1, 0.15) is 44.8 Å². The first kappa shape index (κ1) is 12.5. The summed E-state index contributed by atoms with van der Waals surface area (Å²) in [7, 11) is 0. The molecule has 1 saturated carbocycles. The number of nitrogens with zero attached hydrogens (tertiary/aromatic N) is 1. The van der Waals surface area contributed by atoms with Gasteiger partial charge in [0.1, 0.15) is 0 Å². The van der Waals surface area contributed by atoms with E-state index < -0.39 is 0 Å². The zero-order chi connectivity index (χ0) is 12.3. The molecule has 0 aliphatic heterocycles. The molecule has 1 fully saturated rings. The molecule has 4 nitrogen and oxygen atoms in total. The molecule has 2 rings (SSSR count). The summed E-state index contributed by atoms with van der Waals surface area (Å²) < 4.78 is 0. The number of hydrogen-bond donors (Lipinski definition) is 2. The van der Waals surface area contributed by atoms with Gasteiger partial charge in [-0.15, -0.1) is 11.3 Å². The topological polar surface area (TPSA) is 54.0 Å². The van der Waals surface area contributed by atoms with E-state index >= 15 is 0 Å². The fourth-order valence-corrected chi connectivity index (χ4v) is 2.53. The summed E-state index contributed by atoms with van der Waals surface area (Å²) in [5, 5.41) is 8.89. The van der Waals surface area contributed by atoms with E-state index in [9.17, 15) is 4.79 Å².